The maximum Gasteiger partial charge on any atom is 0.421 e. The van der Waals surface area contributed by atoms with Gasteiger partial charge >= 0.3 is 18.1 Å². The van der Waals surface area contributed by atoms with E-state index in [1.54, 1.807) is 43.3 Å². The van der Waals surface area contributed by atoms with Crippen LogP contribution in [0.1, 0.15) is 19.4 Å². The highest BCUT2D eigenvalue weighted by atomic mass is 32.1. The molecular formula is C27H19F3O4S. The molecule has 0 amide bonds. The van der Waals surface area contributed by atoms with Gasteiger partial charge in [0.25, 0.3) is 0 Å². The fourth-order valence-electron chi connectivity index (χ4n) is 3.45. The Morgan fingerprint density at radius 3 is 1.97 bits per heavy atom. The minimum Gasteiger partial charge on any atom is -0.423 e. The Bertz CT molecular complexity index is 1510. The van der Waals surface area contributed by atoms with Gasteiger partial charge in [0.15, 0.2) is 0 Å². The molecule has 1 heterocycles. The van der Waals surface area contributed by atoms with E-state index in [0.29, 0.717) is 21.2 Å². The van der Waals surface area contributed by atoms with Crippen molar-refractivity contribution in [2.45, 2.75) is 20.0 Å². The number of alkyl halides is 3. The van der Waals surface area contributed by atoms with Crippen molar-refractivity contribution in [2.24, 2.45) is 0 Å². The Balaban J connectivity index is 1.77. The molecule has 0 saturated heterocycles. The van der Waals surface area contributed by atoms with Crippen molar-refractivity contribution in [2.75, 3.05) is 0 Å². The first kappa shape index (κ1) is 24.2. The fraction of sp³-hybridized carbons (Fsp3) is 0.111. The predicted octanol–water partition coefficient (Wildman–Crippen LogP) is 7.70. The normalized spacial score (nSPS) is 11.5. The zero-order valence-electron chi connectivity index (χ0n) is 18.8. The molecule has 4 rings (SSSR count). The van der Waals surface area contributed by atoms with Crippen molar-refractivity contribution in [1.29, 1.82) is 0 Å². The molecule has 0 atom stereocenters. The Labute approximate surface area is 202 Å². The average Bonchev–Trinajstić information content (AvgIpc) is 3.15. The van der Waals surface area contributed by atoms with Crippen molar-refractivity contribution >= 4 is 43.4 Å². The van der Waals surface area contributed by atoms with Gasteiger partial charge < -0.3 is 9.47 Å². The van der Waals surface area contributed by atoms with Gasteiger partial charge in [-0.2, -0.15) is 13.2 Å². The van der Waals surface area contributed by atoms with Gasteiger partial charge in [-0.15, -0.1) is 11.3 Å². The lowest BCUT2D eigenvalue weighted by Crippen LogP contribution is -2.14. The van der Waals surface area contributed by atoms with Crippen LogP contribution in [0.25, 0.3) is 31.3 Å². The van der Waals surface area contributed by atoms with E-state index in [9.17, 15) is 22.8 Å². The van der Waals surface area contributed by atoms with Gasteiger partial charge in [0, 0.05) is 26.6 Å². The summed E-state index contributed by atoms with van der Waals surface area (Å²) in [7, 11) is 0. The predicted molar refractivity (Wildman–Crippen MR) is 131 cm³/mol. The van der Waals surface area contributed by atoms with Crippen molar-refractivity contribution in [1.82, 2.24) is 0 Å². The quantitative estimate of drug-likeness (QED) is 0.161. The second-order valence-electron chi connectivity index (χ2n) is 7.99. The van der Waals surface area contributed by atoms with Crippen molar-refractivity contribution in [3.05, 3.63) is 84.5 Å². The Hall–Kier alpha value is -3.91. The molecule has 0 aliphatic carbocycles. The van der Waals surface area contributed by atoms with Gasteiger partial charge in [-0.25, -0.2) is 9.59 Å². The van der Waals surface area contributed by atoms with Crippen LogP contribution in [0.3, 0.4) is 0 Å². The summed E-state index contributed by atoms with van der Waals surface area (Å²) in [6, 6.07) is 14.8. The highest BCUT2D eigenvalue weighted by Crippen LogP contribution is 2.47. The number of halogens is 3. The van der Waals surface area contributed by atoms with Crippen molar-refractivity contribution in [3.8, 4) is 22.6 Å². The van der Waals surface area contributed by atoms with E-state index in [0.717, 1.165) is 28.5 Å². The van der Waals surface area contributed by atoms with E-state index in [-0.39, 0.29) is 15.8 Å². The largest absolute Gasteiger partial charge is 0.423 e. The number of benzene rings is 3. The number of fused-ring (bicyclic) bond motifs is 3. The van der Waals surface area contributed by atoms with Crippen LogP contribution < -0.4 is 9.47 Å². The second kappa shape index (κ2) is 9.03. The molecule has 178 valence electrons. The van der Waals surface area contributed by atoms with Crippen molar-refractivity contribution < 1.29 is 32.2 Å². The molecule has 1 aromatic heterocycles. The summed E-state index contributed by atoms with van der Waals surface area (Å²) in [6.45, 7) is 9.88. The lowest BCUT2D eigenvalue weighted by atomic mass is 10.0. The maximum absolute atomic E-state index is 14.0. The molecule has 0 saturated carbocycles. The van der Waals surface area contributed by atoms with E-state index >= 15 is 0 Å². The van der Waals surface area contributed by atoms with E-state index in [4.69, 9.17) is 9.47 Å². The first-order valence-corrected chi connectivity index (χ1v) is 11.2. The van der Waals surface area contributed by atoms with Crippen LogP contribution in [0.5, 0.6) is 11.5 Å². The fourth-order valence-corrected chi connectivity index (χ4v) is 4.75. The number of esters is 2. The number of thiophene rings is 1. The minimum atomic E-state index is -4.73. The van der Waals surface area contributed by atoms with E-state index in [1.807, 2.05) is 6.07 Å². The van der Waals surface area contributed by atoms with Gasteiger partial charge in [-0.1, -0.05) is 37.4 Å². The standard InChI is InChI=1S/C27H19F3O4S/c1-14(2)25(31)33-18-8-5-16(6-9-18)17-7-10-19-20-11-12-21(34-26(32)15(3)4)23(27(28,29)30)24(20)35-22(19)13-17/h5-13H,1,3H2,2,4H3. The molecule has 0 aliphatic rings. The summed E-state index contributed by atoms with van der Waals surface area (Å²) in [5.41, 5.74) is 0.867. The van der Waals surface area contributed by atoms with E-state index in [2.05, 4.69) is 13.2 Å². The van der Waals surface area contributed by atoms with Gasteiger partial charge in [-0.05, 0) is 55.3 Å². The van der Waals surface area contributed by atoms with Gasteiger partial charge in [0.2, 0.25) is 0 Å². The topological polar surface area (TPSA) is 52.6 Å². The van der Waals surface area contributed by atoms with Crippen LogP contribution in [0.15, 0.2) is 78.9 Å². The van der Waals surface area contributed by atoms with Gasteiger partial charge in [0.05, 0.1) is 4.70 Å². The number of ether oxygens (including phenoxy) is 2. The smallest absolute Gasteiger partial charge is 0.421 e. The maximum atomic E-state index is 14.0. The summed E-state index contributed by atoms with van der Waals surface area (Å²) in [5.74, 6) is -1.64. The minimum absolute atomic E-state index is 0.000356. The SMILES string of the molecule is C=C(C)C(=O)Oc1ccc(-c2ccc3c(c2)sc2c(C(F)(F)F)c(OC(=O)C(=C)C)ccc23)cc1. The number of hydrogen-bond donors (Lipinski definition) is 0. The molecule has 8 heteroatoms. The molecule has 0 unspecified atom stereocenters. The average molecular weight is 497 g/mol. The molecule has 0 bridgehead atoms. The summed E-state index contributed by atoms with van der Waals surface area (Å²) >= 11 is 0.976. The Morgan fingerprint density at radius 2 is 1.37 bits per heavy atom. The highest BCUT2D eigenvalue weighted by Gasteiger charge is 2.38. The number of rotatable bonds is 5. The summed E-state index contributed by atoms with van der Waals surface area (Å²) < 4.78 is 52.9. The van der Waals surface area contributed by atoms with Crippen LogP contribution >= 0.6 is 11.3 Å². The van der Waals surface area contributed by atoms with Gasteiger partial charge in [0.1, 0.15) is 17.1 Å². The van der Waals surface area contributed by atoms with E-state index < -0.39 is 29.4 Å². The monoisotopic (exact) mass is 496 g/mol. The van der Waals surface area contributed by atoms with Crippen LogP contribution in [0.4, 0.5) is 13.2 Å². The van der Waals surface area contributed by atoms with Crippen LogP contribution in [-0.2, 0) is 15.8 Å². The third-order valence-electron chi connectivity index (χ3n) is 5.18. The molecule has 0 spiro atoms. The molecule has 4 aromatic rings. The molecular weight excluding hydrogens is 477 g/mol. The molecule has 0 fully saturated rings. The molecule has 3 aromatic carbocycles. The number of hydrogen-bond acceptors (Lipinski definition) is 5. The van der Waals surface area contributed by atoms with Gasteiger partial charge in [-0.3, -0.25) is 0 Å². The molecule has 4 nitrogen and oxygen atoms in total. The third kappa shape index (κ3) is 4.83. The summed E-state index contributed by atoms with van der Waals surface area (Å²) in [6.07, 6.45) is -4.73. The lowest BCUT2D eigenvalue weighted by molar-refractivity contribution is -0.140. The van der Waals surface area contributed by atoms with Crippen molar-refractivity contribution in [3.63, 3.8) is 0 Å². The van der Waals surface area contributed by atoms with Crippen LogP contribution in [0.2, 0.25) is 0 Å². The Kier molecular flexibility index (Phi) is 6.25. The lowest BCUT2D eigenvalue weighted by Gasteiger charge is -2.13. The summed E-state index contributed by atoms with van der Waals surface area (Å²) in [5, 5.41) is 1.07. The number of carbonyl (C=O) groups is 2. The molecule has 0 aliphatic heterocycles. The highest BCUT2D eigenvalue weighted by molar-refractivity contribution is 7.26. The summed E-state index contributed by atoms with van der Waals surface area (Å²) in [4.78, 5) is 23.6. The molecule has 0 radical (unpaired) electrons. The number of carbonyl (C=O) groups excluding carboxylic acids is 2. The van der Waals surface area contributed by atoms with E-state index in [1.165, 1.54) is 13.0 Å². The first-order chi connectivity index (χ1) is 16.5. The van der Waals surface area contributed by atoms with Crippen LogP contribution in [0, 0.1) is 0 Å². The Morgan fingerprint density at radius 1 is 0.800 bits per heavy atom. The zero-order chi connectivity index (χ0) is 25.5. The zero-order valence-corrected chi connectivity index (χ0v) is 19.6. The molecule has 0 N–H and O–H groups in total. The first-order valence-electron chi connectivity index (χ1n) is 10.4. The van der Waals surface area contributed by atoms with Crippen LogP contribution in [-0.4, -0.2) is 11.9 Å². The third-order valence-corrected chi connectivity index (χ3v) is 6.37. The molecule has 35 heavy (non-hydrogen) atoms. The second-order valence-corrected chi connectivity index (χ2v) is 9.04.